The fraction of sp³-hybridized carbons (Fsp3) is 0.860. The Hall–Kier alpha value is -3.82. The Morgan fingerprint density at radius 1 is 0.556 bits per heavy atom. The summed E-state index contributed by atoms with van der Waals surface area (Å²) < 4.78 is 26.4. The highest BCUT2D eigenvalue weighted by Crippen LogP contribution is 2.32. The van der Waals surface area contributed by atoms with Gasteiger partial charge < -0.3 is 60.3 Å². The van der Waals surface area contributed by atoms with Crippen LogP contribution < -0.4 is 21.3 Å². The molecule has 1 fully saturated rings. The van der Waals surface area contributed by atoms with Crippen molar-refractivity contribution in [1.29, 1.82) is 0 Å². The molecule has 3 atom stereocenters. The molecule has 0 aromatic rings. The first-order valence-electron chi connectivity index (χ1n) is 23.0. The van der Waals surface area contributed by atoms with Gasteiger partial charge in [-0.3, -0.25) is 24.0 Å². The average Bonchev–Trinajstić information content (AvgIpc) is 4.00. The topological polar surface area (TPSA) is 285 Å². The molecule has 3 unspecified atom stereocenters. The normalized spacial score (nSPS) is 15.5. The van der Waals surface area contributed by atoms with Gasteiger partial charge in [-0.15, -0.1) is 0 Å². The summed E-state index contributed by atoms with van der Waals surface area (Å²) >= 11 is 0. The molecule has 20 nitrogen and oxygen atoms in total. The van der Waals surface area contributed by atoms with E-state index >= 15 is 0 Å². The van der Waals surface area contributed by atoms with Crippen LogP contribution in [0.4, 0.5) is 0 Å². The van der Waals surface area contributed by atoms with Crippen molar-refractivity contribution in [3.8, 4) is 0 Å². The molecular formula is C43H78N6O14. The third-order valence-electron chi connectivity index (χ3n) is 10.1. The van der Waals surface area contributed by atoms with Gasteiger partial charge in [-0.1, -0.05) is 77.0 Å². The van der Waals surface area contributed by atoms with Crippen LogP contribution in [0.5, 0.6) is 0 Å². The Kier molecular flexibility index (Phi) is 35.1. The second-order valence-electron chi connectivity index (χ2n) is 15.7. The van der Waals surface area contributed by atoms with Crippen molar-refractivity contribution >= 4 is 35.6 Å². The minimum Gasteiger partial charge on any atom is -0.481 e. The van der Waals surface area contributed by atoms with E-state index in [1.807, 2.05) is 0 Å². The molecule has 1 rings (SSSR count). The van der Waals surface area contributed by atoms with Crippen LogP contribution in [0, 0.1) is 0 Å². The minimum atomic E-state index is -1.20. The number of carboxylic acid groups (broad SMARTS) is 2. The van der Waals surface area contributed by atoms with Gasteiger partial charge in [0.25, 0.3) is 0 Å². The number of epoxide rings is 1. The van der Waals surface area contributed by atoms with E-state index in [9.17, 15) is 39.0 Å². The lowest BCUT2D eigenvalue weighted by atomic mass is 10.0. The summed E-state index contributed by atoms with van der Waals surface area (Å²) in [5.41, 5.74) is 0. The molecule has 7 N–H and O–H groups in total. The number of hydrogen-bond donors (Lipinski definition) is 7. The second-order valence-corrected chi connectivity index (χ2v) is 15.7. The smallest absolute Gasteiger partial charge is 0.326 e. The predicted octanol–water partition coefficient (Wildman–Crippen LogP) is 3.42. The van der Waals surface area contributed by atoms with Gasteiger partial charge in [0.15, 0.2) is 0 Å². The second kappa shape index (κ2) is 38.6. The number of carbonyl (C=O) groups is 6. The highest BCUT2D eigenvalue weighted by atomic mass is 16.7. The van der Waals surface area contributed by atoms with Crippen LogP contribution in [0.25, 0.3) is 0 Å². The molecule has 0 aromatic carbocycles. The number of amides is 4. The van der Waals surface area contributed by atoms with Crippen LogP contribution in [0.2, 0.25) is 0 Å². The monoisotopic (exact) mass is 903 g/mol. The van der Waals surface area contributed by atoms with Crippen molar-refractivity contribution in [2.45, 2.75) is 153 Å². The molecule has 0 bridgehead atoms. The predicted molar refractivity (Wildman–Crippen MR) is 232 cm³/mol. The van der Waals surface area contributed by atoms with Gasteiger partial charge in [0.2, 0.25) is 29.4 Å². The number of aliphatic hydroxyl groups is 1. The Labute approximate surface area is 373 Å². The highest BCUT2D eigenvalue weighted by molar-refractivity contribution is 5.84. The molecule has 63 heavy (non-hydrogen) atoms. The van der Waals surface area contributed by atoms with Gasteiger partial charge in [-0.25, -0.2) is 4.79 Å². The summed E-state index contributed by atoms with van der Waals surface area (Å²) in [4.78, 5) is 70.5. The molecule has 4 amide bonds. The third-order valence-corrected chi connectivity index (χ3v) is 10.1. The van der Waals surface area contributed by atoms with Crippen molar-refractivity contribution in [2.75, 3.05) is 86.1 Å². The summed E-state index contributed by atoms with van der Waals surface area (Å²) in [6, 6.07) is -1.54. The van der Waals surface area contributed by atoms with E-state index in [2.05, 4.69) is 31.5 Å². The molecule has 0 radical (unpaired) electrons. The summed E-state index contributed by atoms with van der Waals surface area (Å²) in [6.07, 6.45) is 17.5. The Morgan fingerprint density at radius 2 is 1.02 bits per heavy atom. The van der Waals surface area contributed by atoms with Crippen LogP contribution in [0.15, 0.2) is 10.2 Å². The first kappa shape index (κ1) is 57.2. The number of rotatable bonds is 45. The Bertz CT molecular complexity index is 1290. The first-order chi connectivity index (χ1) is 30.5. The number of nitrogens with one attached hydrogen (secondary N) is 4. The molecule has 1 aliphatic heterocycles. The fourth-order valence-corrected chi connectivity index (χ4v) is 6.44. The summed E-state index contributed by atoms with van der Waals surface area (Å²) in [7, 11) is 1.55. The molecule has 0 aromatic heterocycles. The summed E-state index contributed by atoms with van der Waals surface area (Å²) in [5.74, 6) is -4.35. The van der Waals surface area contributed by atoms with E-state index in [1.54, 1.807) is 7.05 Å². The zero-order chi connectivity index (χ0) is 46.2. The lowest BCUT2D eigenvalue weighted by Gasteiger charge is -2.14. The Morgan fingerprint density at radius 3 is 1.49 bits per heavy atom. The van der Waals surface area contributed by atoms with E-state index in [4.69, 9.17) is 28.8 Å². The van der Waals surface area contributed by atoms with Crippen molar-refractivity contribution in [2.24, 2.45) is 10.2 Å². The van der Waals surface area contributed by atoms with Crippen molar-refractivity contribution in [1.82, 2.24) is 21.3 Å². The van der Waals surface area contributed by atoms with E-state index in [-0.39, 0.29) is 122 Å². The maximum atomic E-state index is 12.3. The van der Waals surface area contributed by atoms with Crippen LogP contribution >= 0.6 is 0 Å². The van der Waals surface area contributed by atoms with Gasteiger partial charge >= 0.3 is 11.9 Å². The lowest BCUT2D eigenvalue weighted by molar-refractivity contribution is -0.142. The zero-order valence-corrected chi connectivity index (χ0v) is 37.7. The van der Waals surface area contributed by atoms with Crippen molar-refractivity contribution in [3.63, 3.8) is 0 Å². The van der Waals surface area contributed by atoms with Gasteiger partial charge in [0, 0.05) is 45.9 Å². The zero-order valence-electron chi connectivity index (χ0n) is 37.7. The number of carboxylic acids is 2. The van der Waals surface area contributed by atoms with Gasteiger partial charge in [0.1, 0.15) is 31.9 Å². The molecule has 1 saturated heterocycles. The Balaban J connectivity index is 1.89. The molecular weight excluding hydrogens is 825 g/mol. The molecule has 0 spiro atoms. The standard InChI is InChI=1S/C43H78N6O14/c1-44-49-36(43(58)34-63-43)18-16-17-23-45-39(52)32-61-30-29-60-27-25-47-40(53)33-62-31-28-59-26-24-46-37(50)22-21-35(42(56)57)48-38(51)19-14-12-10-8-6-4-2-3-5-7-9-11-13-15-20-41(54)55/h35-36,58H,2-34H2,1H3,(H,45,52)(H,46,50)(H,47,53)(H,48,51)(H,54,55)(H,56,57). The number of aliphatic carboxylic acids is 2. The number of azo groups is 1. The van der Waals surface area contributed by atoms with Crippen LogP contribution in [-0.4, -0.2) is 155 Å². The molecule has 0 saturated carbocycles. The van der Waals surface area contributed by atoms with Gasteiger partial charge in [-0.2, -0.15) is 10.2 Å². The molecule has 364 valence electrons. The molecule has 20 heteroatoms. The molecule has 0 aliphatic carbocycles. The highest BCUT2D eigenvalue weighted by Gasteiger charge is 2.50. The van der Waals surface area contributed by atoms with Crippen molar-refractivity contribution in [3.05, 3.63) is 0 Å². The van der Waals surface area contributed by atoms with Gasteiger partial charge in [0.05, 0.1) is 39.6 Å². The van der Waals surface area contributed by atoms with Gasteiger partial charge in [-0.05, 0) is 38.5 Å². The molecule has 1 heterocycles. The molecule has 1 aliphatic rings. The maximum Gasteiger partial charge on any atom is 0.326 e. The fourth-order valence-electron chi connectivity index (χ4n) is 6.44. The maximum absolute atomic E-state index is 12.3. The van der Waals surface area contributed by atoms with E-state index in [1.165, 1.54) is 44.9 Å². The first-order valence-corrected chi connectivity index (χ1v) is 23.0. The number of carbonyl (C=O) groups excluding carboxylic acids is 4. The quantitative estimate of drug-likeness (QED) is 0.0262. The van der Waals surface area contributed by atoms with Crippen LogP contribution in [-0.2, 0) is 52.5 Å². The van der Waals surface area contributed by atoms with E-state index in [0.29, 0.717) is 25.8 Å². The lowest BCUT2D eigenvalue weighted by Crippen LogP contribution is -2.41. The number of hydrogen-bond acceptors (Lipinski definition) is 14. The number of unbranched alkanes of at least 4 members (excludes halogenated alkanes) is 14. The third kappa shape index (κ3) is 35.2. The van der Waals surface area contributed by atoms with Crippen LogP contribution in [0.3, 0.4) is 0 Å². The number of ether oxygens (including phenoxy) is 5. The average molecular weight is 903 g/mol. The largest absolute Gasteiger partial charge is 0.481 e. The number of nitrogens with zero attached hydrogens (tertiary/aromatic N) is 2. The SMILES string of the molecule is CN=NC(CCCCNC(=O)COCCOCCNC(=O)COCCOCCNC(=O)CCC(NC(=O)CCCCCCCCCCCCCCCCC(=O)O)C(=O)O)C1(O)CO1. The van der Waals surface area contributed by atoms with E-state index in [0.717, 1.165) is 44.9 Å². The summed E-state index contributed by atoms with van der Waals surface area (Å²) in [6.45, 7) is 2.24. The minimum absolute atomic E-state index is 0.0282. The van der Waals surface area contributed by atoms with Crippen molar-refractivity contribution < 1.29 is 67.8 Å². The van der Waals surface area contributed by atoms with E-state index < -0.39 is 29.8 Å². The van der Waals surface area contributed by atoms with Crippen LogP contribution in [0.1, 0.15) is 135 Å². The summed E-state index contributed by atoms with van der Waals surface area (Å²) in [5, 5.41) is 46.5.